The molecule has 0 spiro atoms. The number of aromatic nitrogens is 2. The van der Waals surface area contributed by atoms with E-state index in [4.69, 9.17) is 14.7 Å². The Hall–Kier alpha value is -4.17. The van der Waals surface area contributed by atoms with E-state index in [1.807, 2.05) is 4.98 Å². The molecule has 0 aliphatic rings. The first kappa shape index (κ1) is 22.5. The van der Waals surface area contributed by atoms with Crippen molar-refractivity contribution >= 4 is 33.8 Å². The number of nitriles is 1. The lowest BCUT2D eigenvalue weighted by Gasteiger charge is -2.13. The van der Waals surface area contributed by atoms with Crippen molar-refractivity contribution < 1.29 is 14.4 Å². The molecule has 0 aliphatic carbocycles. The molecule has 0 radical (unpaired) electrons. The third kappa shape index (κ3) is 5.11. The van der Waals surface area contributed by atoms with Crippen LogP contribution in [0, 0.1) is 21.4 Å². The average Bonchev–Trinajstić information content (AvgIpc) is 2.76. The minimum Gasteiger partial charge on any atom is -0.493 e. The van der Waals surface area contributed by atoms with E-state index in [9.17, 15) is 19.7 Å². The second kappa shape index (κ2) is 9.76. The fourth-order valence-electron chi connectivity index (χ4n) is 2.79. The fraction of sp³-hybridized carbons (Fsp3) is 0.0952. The van der Waals surface area contributed by atoms with Crippen molar-refractivity contribution in [3.8, 4) is 17.6 Å². The zero-order valence-electron chi connectivity index (χ0n) is 16.5. The Balaban J connectivity index is 1.88. The van der Waals surface area contributed by atoms with Gasteiger partial charge in [0, 0.05) is 0 Å². The van der Waals surface area contributed by atoms with Gasteiger partial charge in [-0.15, -0.1) is 0 Å². The fourth-order valence-corrected chi connectivity index (χ4v) is 3.36. The molecule has 0 atom stereocenters. The van der Waals surface area contributed by atoms with Crippen LogP contribution in [0.1, 0.15) is 22.4 Å². The summed E-state index contributed by atoms with van der Waals surface area (Å²) in [6, 6.07) is 12.3. The molecule has 2 aromatic carbocycles. The van der Waals surface area contributed by atoms with Gasteiger partial charge in [-0.05, 0) is 57.4 Å². The van der Waals surface area contributed by atoms with Crippen LogP contribution in [0.3, 0.4) is 0 Å². The molecule has 1 aromatic heterocycles. The van der Waals surface area contributed by atoms with E-state index < -0.39 is 21.9 Å². The largest absolute Gasteiger partial charge is 0.493 e. The standard InChI is InChI=1S/C21H15BrN4O6/c1-31-17-9-14(6-7-16-18(26(29)30)20(27)25-21(28)24-16)8-15(22)19(17)32-11-13-4-2-12(10-23)3-5-13/h2-9H,11H2,1H3,(H2,24,25,27,28). The van der Waals surface area contributed by atoms with Gasteiger partial charge in [0.15, 0.2) is 11.5 Å². The zero-order chi connectivity index (χ0) is 23.3. The molecule has 10 nitrogen and oxygen atoms in total. The maximum absolute atomic E-state index is 11.7. The predicted molar refractivity (Wildman–Crippen MR) is 119 cm³/mol. The molecule has 11 heteroatoms. The molecule has 2 N–H and O–H groups in total. The van der Waals surface area contributed by atoms with Crippen LogP contribution in [0.15, 0.2) is 50.5 Å². The lowest BCUT2D eigenvalue weighted by Crippen LogP contribution is -2.25. The smallest absolute Gasteiger partial charge is 0.357 e. The number of nitro groups is 1. The van der Waals surface area contributed by atoms with Gasteiger partial charge in [-0.2, -0.15) is 5.26 Å². The van der Waals surface area contributed by atoms with Crippen molar-refractivity contribution in [3.63, 3.8) is 0 Å². The first-order valence-corrected chi connectivity index (χ1v) is 9.80. The maximum atomic E-state index is 11.7. The van der Waals surface area contributed by atoms with E-state index in [-0.39, 0.29) is 12.3 Å². The molecule has 0 aliphatic heterocycles. The number of hydrogen-bond donors (Lipinski definition) is 2. The van der Waals surface area contributed by atoms with E-state index >= 15 is 0 Å². The second-order valence-electron chi connectivity index (χ2n) is 6.39. The molecule has 1 heterocycles. The van der Waals surface area contributed by atoms with Gasteiger partial charge in [-0.1, -0.05) is 18.2 Å². The van der Waals surface area contributed by atoms with Crippen molar-refractivity contribution in [1.82, 2.24) is 9.97 Å². The molecular weight excluding hydrogens is 484 g/mol. The average molecular weight is 499 g/mol. The Labute approximate surface area is 189 Å². The summed E-state index contributed by atoms with van der Waals surface area (Å²) in [7, 11) is 1.46. The van der Waals surface area contributed by atoms with Crippen molar-refractivity contribution in [2.75, 3.05) is 7.11 Å². The number of hydrogen-bond acceptors (Lipinski definition) is 7. The van der Waals surface area contributed by atoms with Crippen LogP contribution < -0.4 is 20.7 Å². The molecule has 0 amide bonds. The van der Waals surface area contributed by atoms with Gasteiger partial charge < -0.3 is 14.5 Å². The molecule has 0 fully saturated rings. The van der Waals surface area contributed by atoms with Crippen molar-refractivity contribution in [1.29, 1.82) is 5.26 Å². The Morgan fingerprint density at radius 3 is 2.53 bits per heavy atom. The molecule has 32 heavy (non-hydrogen) atoms. The minimum absolute atomic E-state index is 0.232. The highest BCUT2D eigenvalue weighted by Crippen LogP contribution is 2.37. The molecule has 3 aromatic rings. The highest BCUT2D eigenvalue weighted by Gasteiger charge is 2.19. The molecule has 3 rings (SSSR count). The Bertz CT molecular complexity index is 1350. The topological polar surface area (TPSA) is 151 Å². The summed E-state index contributed by atoms with van der Waals surface area (Å²) in [6.45, 7) is 0.232. The van der Waals surface area contributed by atoms with Gasteiger partial charge in [0.2, 0.25) is 0 Å². The first-order chi connectivity index (χ1) is 15.3. The number of nitrogens with one attached hydrogen (secondary N) is 2. The summed E-state index contributed by atoms with van der Waals surface area (Å²) in [5.74, 6) is 0.825. The Morgan fingerprint density at radius 2 is 1.91 bits per heavy atom. The molecule has 0 saturated heterocycles. The SMILES string of the molecule is COc1cc(C=Cc2[nH]c(=O)[nH]c(=O)c2[N+](=O)[O-])cc(Br)c1OCc1ccc(C#N)cc1. The van der Waals surface area contributed by atoms with E-state index in [0.717, 1.165) is 5.56 Å². The van der Waals surface area contributed by atoms with Gasteiger partial charge in [-0.25, -0.2) is 4.79 Å². The number of benzene rings is 2. The van der Waals surface area contributed by atoms with Crippen LogP contribution in [0.4, 0.5) is 5.69 Å². The second-order valence-corrected chi connectivity index (χ2v) is 7.25. The summed E-state index contributed by atoms with van der Waals surface area (Å²) >= 11 is 3.42. The molecule has 162 valence electrons. The van der Waals surface area contributed by atoms with Crippen LogP contribution in [-0.2, 0) is 6.61 Å². The molecular formula is C21H15BrN4O6. The van der Waals surface area contributed by atoms with Crippen LogP contribution in [0.25, 0.3) is 12.2 Å². The summed E-state index contributed by atoms with van der Waals surface area (Å²) in [4.78, 5) is 37.6. The van der Waals surface area contributed by atoms with Gasteiger partial charge in [0.25, 0.3) is 0 Å². The van der Waals surface area contributed by atoms with E-state index in [1.165, 1.54) is 19.3 Å². The van der Waals surface area contributed by atoms with E-state index in [1.54, 1.807) is 36.4 Å². The number of methoxy groups -OCH3 is 1. The van der Waals surface area contributed by atoms with Crippen LogP contribution in [0.2, 0.25) is 0 Å². The summed E-state index contributed by atoms with van der Waals surface area (Å²) < 4.78 is 11.8. The van der Waals surface area contributed by atoms with Gasteiger partial charge in [-0.3, -0.25) is 19.9 Å². The minimum atomic E-state index is -1.09. The predicted octanol–water partition coefficient (Wildman–Crippen LogP) is 3.36. The molecule has 0 unspecified atom stereocenters. The van der Waals surface area contributed by atoms with Crippen LogP contribution in [-0.4, -0.2) is 22.0 Å². The Morgan fingerprint density at radius 1 is 1.19 bits per heavy atom. The molecule has 0 bridgehead atoms. The third-order valence-corrected chi connectivity index (χ3v) is 4.88. The lowest BCUT2D eigenvalue weighted by atomic mass is 10.1. The number of rotatable bonds is 7. The normalized spacial score (nSPS) is 10.7. The quantitative estimate of drug-likeness (QED) is 0.374. The number of nitrogens with zero attached hydrogens (tertiary/aromatic N) is 2. The van der Waals surface area contributed by atoms with Gasteiger partial charge in [0.05, 0.1) is 28.1 Å². The summed E-state index contributed by atoms with van der Waals surface area (Å²) in [5.41, 5.74) is -0.989. The highest BCUT2D eigenvalue weighted by atomic mass is 79.9. The van der Waals surface area contributed by atoms with Crippen molar-refractivity contribution in [2.24, 2.45) is 0 Å². The number of H-pyrrole nitrogens is 2. The highest BCUT2D eigenvalue weighted by molar-refractivity contribution is 9.10. The Kier molecular flexibility index (Phi) is 6.87. The van der Waals surface area contributed by atoms with Gasteiger partial charge in [0.1, 0.15) is 12.3 Å². The molecule has 0 saturated carbocycles. The van der Waals surface area contributed by atoms with Crippen molar-refractivity contribution in [3.05, 3.63) is 94.2 Å². The zero-order valence-corrected chi connectivity index (χ0v) is 18.1. The van der Waals surface area contributed by atoms with Gasteiger partial charge >= 0.3 is 16.9 Å². The van der Waals surface area contributed by atoms with E-state index in [2.05, 4.69) is 27.0 Å². The number of aromatic amines is 2. The number of halogens is 1. The summed E-state index contributed by atoms with van der Waals surface area (Å²) in [6.07, 6.45) is 2.74. The van der Waals surface area contributed by atoms with Crippen LogP contribution >= 0.6 is 15.9 Å². The monoisotopic (exact) mass is 498 g/mol. The lowest BCUT2D eigenvalue weighted by molar-refractivity contribution is -0.386. The number of ether oxygens (including phenoxy) is 2. The first-order valence-electron chi connectivity index (χ1n) is 9.01. The van der Waals surface area contributed by atoms with Crippen LogP contribution in [0.5, 0.6) is 11.5 Å². The van der Waals surface area contributed by atoms with E-state index in [0.29, 0.717) is 27.1 Å². The van der Waals surface area contributed by atoms with Crippen molar-refractivity contribution in [2.45, 2.75) is 6.61 Å². The summed E-state index contributed by atoms with van der Waals surface area (Å²) in [5, 5.41) is 20.0. The maximum Gasteiger partial charge on any atom is 0.357 e. The third-order valence-electron chi connectivity index (χ3n) is 4.29.